The number of piperazine rings is 1. The van der Waals surface area contributed by atoms with Crippen LogP contribution in [0, 0.1) is 5.41 Å². The lowest BCUT2D eigenvalue weighted by atomic mass is 10.1. The fraction of sp³-hybridized carbons (Fsp3) is 0.429. The van der Waals surface area contributed by atoms with Crippen molar-refractivity contribution in [3.63, 3.8) is 0 Å². The molecule has 2 heterocycles. The Morgan fingerprint density at radius 1 is 1.10 bits per heavy atom. The smallest absolute Gasteiger partial charge is 0.316 e. The quantitative estimate of drug-likeness (QED) is 0.416. The minimum atomic E-state index is -3.57. The van der Waals surface area contributed by atoms with Crippen LogP contribution in [0.2, 0.25) is 5.02 Å². The molecule has 0 spiro atoms. The van der Waals surface area contributed by atoms with Gasteiger partial charge in [0.15, 0.2) is 0 Å². The molecule has 1 saturated heterocycles. The molecule has 1 aliphatic heterocycles. The van der Waals surface area contributed by atoms with Gasteiger partial charge in [0.05, 0.1) is 30.3 Å². The second-order valence-electron chi connectivity index (χ2n) is 10.7. The summed E-state index contributed by atoms with van der Waals surface area (Å²) in [4.78, 5) is 15.5. The third-order valence-electron chi connectivity index (χ3n) is 7.39. The molecule has 2 aromatic carbocycles. The summed E-state index contributed by atoms with van der Waals surface area (Å²) in [7, 11) is -3.57. The molecule has 1 aromatic heterocycles. The van der Waals surface area contributed by atoms with Gasteiger partial charge in [-0.05, 0) is 49.1 Å². The van der Waals surface area contributed by atoms with Crippen LogP contribution in [0.3, 0.4) is 0 Å². The molecule has 2 aliphatic rings. The van der Waals surface area contributed by atoms with Crippen LogP contribution in [0.1, 0.15) is 43.9 Å². The normalized spacial score (nSPS) is 18.1. The number of hydrogen-bond acceptors (Lipinski definition) is 7. The lowest BCUT2D eigenvalue weighted by Gasteiger charge is -2.35. The van der Waals surface area contributed by atoms with E-state index < -0.39 is 16.1 Å². The predicted octanol–water partition coefficient (Wildman–Crippen LogP) is 3.77. The summed E-state index contributed by atoms with van der Waals surface area (Å²) in [5, 5.41) is 14.7. The van der Waals surface area contributed by atoms with Gasteiger partial charge in [0.25, 0.3) is 0 Å². The van der Waals surface area contributed by atoms with E-state index in [1.165, 1.54) is 8.99 Å². The van der Waals surface area contributed by atoms with Gasteiger partial charge in [0, 0.05) is 36.6 Å². The number of ether oxygens (including phenoxy) is 1. The number of rotatable bonds is 9. The highest BCUT2D eigenvalue weighted by molar-refractivity contribution is 7.88. The van der Waals surface area contributed by atoms with Crippen LogP contribution < -0.4 is 15.2 Å². The molecule has 0 amide bonds. The van der Waals surface area contributed by atoms with Crippen molar-refractivity contribution >= 4 is 27.3 Å². The van der Waals surface area contributed by atoms with Gasteiger partial charge in [-0.25, -0.2) is 8.42 Å². The molecule has 1 atom stereocenters. The molecule has 1 unspecified atom stereocenters. The van der Waals surface area contributed by atoms with Gasteiger partial charge < -0.3 is 14.7 Å². The van der Waals surface area contributed by atoms with E-state index in [1.807, 2.05) is 4.90 Å². The zero-order chi connectivity index (χ0) is 27.8. The molecule has 1 saturated carbocycles. The number of aromatic nitrogens is 2. The lowest BCUT2D eigenvalue weighted by molar-refractivity contribution is 0.199. The van der Waals surface area contributed by atoms with E-state index in [4.69, 9.17) is 16.3 Å². The second-order valence-corrected chi connectivity index (χ2v) is 13.1. The Morgan fingerprint density at radius 2 is 1.82 bits per heavy atom. The molecule has 39 heavy (non-hydrogen) atoms. The molecular weight excluding hydrogens is 540 g/mol. The van der Waals surface area contributed by atoms with Gasteiger partial charge in [-0.3, -0.25) is 4.79 Å². The summed E-state index contributed by atoms with van der Waals surface area (Å²) in [6.07, 6.45) is 3.04. The molecular formula is C28H33ClN4O5S. The highest BCUT2D eigenvalue weighted by Gasteiger charge is 2.39. The number of nitrogens with zero attached hydrogens (tertiary/aromatic N) is 4. The van der Waals surface area contributed by atoms with Crippen molar-refractivity contribution in [2.45, 2.75) is 38.5 Å². The lowest BCUT2D eigenvalue weighted by Crippen LogP contribution is -2.49. The van der Waals surface area contributed by atoms with E-state index in [-0.39, 0.29) is 35.6 Å². The van der Waals surface area contributed by atoms with Gasteiger partial charge in [-0.2, -0.15) is 14.1 Å². The fourth-order valence-electron chi connectivity index (χ4n) is 4.64. The molecule has 1 aliphatic carbocycles. The molecule has 0 bridgehead atoms. The van der Waals surface area contributed by atoms with Crippen molar-refractivity contribution in [3.05, 3.63) is 81.2 Å². The molecule has 11 heteroatoms. The number of aliphatic hydroxyl groups excluding tert-OH is 1. The van der Waals surface area contributed by atoms with E-state index in [9.17, 15) is 18.3 Å². The summed E-state index contributed by atoms with van der Waals surface area (Å²) >= 11 is 6.14. The molecule has 2 fully saturated rings. The van der Waals surface area contributed by atoms with Gasteiger partial charge in [-0.1, -0.05) is 48.9 Å². The zero-order valence-electron chi connectivity index (χ0n) is 22.1. The average Bonchev–Trinajstić information content (AvgIpc) is 3.65. The maximum Gasteiger partial charge on any atom is 0.316 e. The third-order valence-corrected chi connectivity index (χ3v) is 9.48. The summed E-state index contributed by atoms with van der Waals surface area (Å²) < 4.78 is 35.3. The van der Waals surface area contributed by atoms with Gasteiger partial charge in [-0.15, -0.1) is 0 Å². The number of anilines is 1. The number of halogens is 1. The first-order chi connectivity index (χ1) is 18.5. The van der Waals surface area contributed by atoms with Crippen molar-refractivity contribution < 1.29 is 18.3 Å². The van der Waals surface area contributed by atoms with E-state index >= 15 is 0 Å². The summed E-state index contributed by atoms with van der Waals surface area (Å²) in [6.45, 7) is 5.53. The Morgan fingerprint density at radius 3 is 2.49 bits per heavy atom. The molecule has 9 nitrogen and oxygen atoms in total. The monoisotopic (exact) mass is 572 g/mol. The van der Waals surface area contributed by atoms with Crippen molar-refractivity contribution in [2.75, 3.05) is 37.7 Å². The van der Waals surface area contributed by atoms with Gasteiger partial charge >= 0.3 is 5.56 Å². The molecule has 3 aromatic rings. The topological polar surface area (TPSA) is 105 Å². The van der Waals surface area contributed by atoms with Crippen molar-refractivity contribution in [1.29, 1.82) is 0 Å². The van der Waals surface area contributed by atoms with Gasteiger partial charge in [0.2, 0.25) is 15.8 Å². The Bertz CT molecular complexity index is 1510. The van der Waals surface area contributed by atoms with E-state index in [2.05, 4.69) is 12.0 Å². The summed E-state index contributed by atoms with van der Waals surface area (Å²) in [6, 6.07) is 13.9. The highest BCUT2D eigenvalue weighted by Crippen LogP contribution is 2.45. The molecule has 0 radical (unpaired) electrons. The predicted molar refractivity (Wildman–Crippen MR) is 151 cm³/mol. The Hall–Kier alpha value is -2.92. The minimum Gasteiger partial charge on any atom is -0.486 e. The van der Waals surface area contributed by atoms with Crippen LogP contribution in [-0.4, -0.2) is 60.4 Å². The van der Waals surface area contributed by atoms with E-state index in [0.717, 1.165) is 12.8 Å². The standard InChI is InChI=1S/C28H33ClN4O5S/c1-20(34)22-6-3-5-21(15-22)18-39(36,37)32-13-11-31(12-14-32)25-17-30-33(24-8-4-7-23(29)16-24)27(35)26(25)38-19-28(2)9-10-28/h3-8,15-17,20,34H,9-14,18-19H2,1-2H3. The maximum absolute atomic E-state index is 13.6. The van der Waals surface area contributed by atoms with Crippen LogP contribution in [-0.2, 0) is 15.8 Å². The Kier molecular flexibility index (Phi) is 7.74. The Labute approximate surface area is 233 Å². The number of benzene rings is 2. The van der Waals surface area contributed by atoms with Crippen LogP contribution in [0.4, 0.5) is 5.69 Å². The van der Waals surface area contributed by atoms with Crippen LogP contribution in [0.5, 0.6) is 5.75 Å². The third kappa shape index (κ3) is 6.30. The molecule has 1 N–H and O–H groups in total. The largest absolute Gasteiger partial charge is 0.486 e. The summed E-state index contributed by atoms with van der Waals surface area (Å²) in [5.41, 5.74) is 2.09. The van der Waals surface area contributed by atoms with Crippen LogP contribution >= 0.6 is 11.6 Å². The van der Waals surface area contributed by atoms with E-state index in [0.29, 0.717) is 47.2 Å². The van der Waals surface area contributed by atoms with Gasteiger partial charge in [0.1, 0.15) is 5.69 Å². The SMILES string of the molecule is CC(O)c1cccc(CS(=O)(=O)N2CCN(c3cnn(-c4cccc(Cl)c4)c(=O)c3OCC3(C)CC3)CC2)c1. The van der Waals surface area contributed by atoms with Crippen LogP contribution in [0.15, 0.2) is 59.5 Å². The Balaban J connectivity index is 1.35. The first-order valence-electron chi connectivity index (χ1n) is 13.1. The minimum absolute atomic E-state index is 0.0613. The summed E-state index contributed by atoms with van der Waals surface area (Å²) in [5.74, 6) is 0.0712. The zero-order valence-corrected chi connectivity index (χ0v) is 23.7. The molecule has 208 valence electrons. The van der Waals surface area contributed by atoms with Crippen LogP contribution in [0.25, 0.3) is 5.69 Å². The number of sulfonamides is 1. The number of aliphatic hydroxyl groups is 1. The maximum atomic E-state index is 13.6. The van der Waals surface area contributed by atoms with Crippen molar-refractivity contribution in [2.24, 2.45) is 5.41 Å². The molecule has 5 rings (SSSR count). The van der Waals surface area contributed by atoms with Crippen molar-refractivity contribution in [3.8, 4) is 11.4 Å². The second kappa shape index (κ2) is 10.9. The number of hydrogen-bond donors (Lipinski definition) is 1. The fourth-order valence-corrected chi connectivity index (χ4v) is 6.33. The highest BCUT2D eigenvalue weighted by atomic mass is 35.5. The van der Waals surface area contributed by atoms with E-state index in [1.54, 1.807) is 61.7 Å². The first-order valence-corrected chi connectivity index (χ1v) is 15.0. The van der Waals surface area contributed by atoms with Crippen molar-refractivity contribution in [1.82, 2.24) is 14.1 Å². The average molecular weight is 573 g/mol. The first kappa shape index (κ1) is 27.6.